The highest BCUT2D eigenvalue weighted by Crippen LogP contribution is 2.48. The van der Waals surface area contributed by atoms with Crippen LogP contribution in [0.15, 0.2) is 66.9 Å². The lowest BCUT2D eigenvalue weighted by Gasteiger charge is -2.31. The lowest BCUT2D eigenvalue weighted by Crippen LogP contribution is -2.26. The normalized spacial score (nSPS) is 19.7. The molecule has 1 unspecified atom stereocenters. The number of aromatic nitrogens is 2. The van der Waals surface area contributed by atoms with Crippen LogP contribution in [-0.2, 0) is 0 Å². The van der Waals surface area contributed by atoms with Crippen LogP contribution in [0.5, 0.6) is 17.2 Å². The number of allylic oxidation sites excluding steroid dienone is 1. The van der Waals surface area contributed by atoms with Crippen molar-refractivity contribution in [1.82, 2.24) is 15.1 Å². The number of benzene rings is 3. The predicted molar refractivity (Wildman–Crippen MR) is 143 cm³/mol. The molecule has 1 aromatic heterocycles. The van der Waals surface area contributed by atoms with Crippen LogP contribution >= 0.6 is 0 Å². The molecule has 190 valence electrons. The van der Waals surface area contributed by atoms with Gasteiger partial charge in [-0.3, -0.25) is 14.4 Å². The van der Waals surface area contributed by atoms with Gasteiger partial charge in [-0.15, -0.1) is 0 Å². The zero-order valence-corrected chi connectivity index (χ0v) is 20.8. The van der Waals surface area contributed by atoms with Crippen LogP contribution in [-0.4, -0.2) is 53.1 Å². The van der Waals surface area contributed by atoms with Crippen LogP contribution in [0.25, 0.3) is 22.0 Å². The van der Waals surface area contributed by atoms with E-state index in [1.807, 2.05) is 54.7 Å². The molecule has 3 heterocycles. The molecule has 0 spiro atoms. The number of halogens is 1. The van der Waals surface area contributed by atoms with Gasteiger partial charge in [-0.2, -0.15) is 5.10 Å². The molecule has 0 saturated carbocycles. The molecule has 2 N–H and O–H groups in total. The Balaban J connectivity index is 1.28. The number of fused-ring (bicyclic) bond motifs is 3. The molecule has 2 atom stereocenters. The van der Waals surface area contributed by atoms with Crippen molar-refractivity contribution in [3.05, 3.63) is 83.6 Å². The molecule has 0 amide bonds. The van der Waals surface area contributed by atoms with Crippen LogP contribution < -0.4 is 9.47 Å². The van der Waals surface area contributed by atoms with E-state index in [-0.39, 0.29) is 24.4 Å². The number of likely N-dealkylation sites (tertiary alicyclic amines) is 1. The molecule has 6 rings (SSSR count). The van der Waals surface area contributed by atoms with E-state index < -0.39 is 0 Å². The summed E-state index contributed by atoms with van der Waals surface area (Å²) in [5.41, 5.74) is 5.95. The number of aromatic amines is 1. The van der Waals surface area contributed by atoms with E-state index in [0.717, 1.165) is 76.3 Å². The third-order valence-electron chi connectivity index (χ3n) is 7.48. The molecule has 1 saturated heterocycles. The molecule has 1 fully saturated rings. The summed E-state index contributed by atoms with van der Waals surface area (Å²) in [7, 11) is 0. The highest BCUT2D eigenvalue weighted by Gasteiger charge is 2.31. The Hall–Kier alpha value is -3.84. The second-order valence-corrected chi connectivity index (χ2v) is 9.88. The van der Waals surface area contributed by atoms with Crippen molar-refractivity contribution in [1.29, 1.82) is 0 Å². The molecule has 2 aliphatic heterocycles. The summed E-state index contributed by atoms with van der Waals surface area (Å²) >= 11 is 0. The average molecular weight is 500 g/mol. The van der Waals surface area contributed by atoms with Gasteiger partial charge in [0.05, 0.1) is 18.4 Å². The third-order valence-corrected chi connectivity index (χ3v) is 7.48. The van der Waals surface area contributed by atoms with E-state index in [4.69, 9.17) is 9.47 Å². The van der Waals surface area contributed by atoms with Crippen molar-refractivity contribution in [3.8, 4) is 17.2 Å². The maximum Gasteiger partial charge on any atom is 0.150 e. The average Bonchev–Trinajstić information content (AvgIpc) is 3.58. The summed E-state index contributed by atoms with van der Waals surface area (Å²) < 4.78 is 25.5. The topological polar surface area (TPSA) is 70.6 Å². The number of aromatic hydroxyl groups is 1. The Labute approximate surface area is 215 Å². The minimum Gasteiger partial charge on any atom is -0.508 e. The van der Waals surface area contributed by atoms with Gasteiger partial charge in [-0.1, -0.05) is 24.3 Å². The third kappa shape index (κ3) is 4.55. The number of H-pyrrole nitrogens is 1. The highest BCUT2D eigenvalue weighted by atomic mass is 19.1. The molecule has 0 aliphatic carbocycles. The highest BCUT2D eigenvalue weighted by molar-refractivity contribution is 6.04. The first-order chi connectivity index (χ1) is 18.1. The number of phenolic OH excluding ortho intramolecular Hbond substituents is 1. The second-order valence-electron chi connectivity index (χ2n) is 9.88. The summed E-state index contributed by atoms with van der Waals surface area (Å²) in [5.74, 6) is 1.98. The number of hydrogen-bond donors (Lipinski definition) is 2. The van der Waals surface area contributed by atoms with Crippen LogP contribution in [0.3, 0.4) is 0 Å². The van der Waals surface area contributed by atoms with Crippen molar-refractivity contribution in [2.75, 3.05) is 32.9 Å². The van der Waals surface area contributed by atoms with Crippen LogP contribution in [0.1, 0.15) is 36.1 Å². The van der Waals surface area contributed by atoms with Gasteiger partial charge < -0.3 is 14.6 Å². The smallest absolute Gasteiger partial charge is 0.150 e. The molecule has 37 heavy (non-hydrogen) atoms. The van der Waals surface area contributed by atoms with Gasteiger partial charge in [0.15, 0.2) is 0 Å². The van der Waals surface area contributed by atoms with Crippen molar-refractivity contribution < 1.29 is 19.0 Å². The fourth-order valence-electron chi connectivity index (χ4n) is 5.55. The summed E-state index contributed by atoms with van der Waals surface area (Å²) in [6.07, 6.45) is 2.40. The first kappa shape index (κ1) is 23.6. The Morgan fingerprint density at radius 2 is 2.03 bits per heavy atom. The summed E-state index contributed by atoms with van der Waals surface area (Å²) in [6.45, 7) is 4.98. The van der Waals surface area contributed by atoms with Gasteiger partial charge in [0.2, 0.25) is 0 Å². The maximum atomic E-state index is 12.9. The summed E-state index contributed by atoms with van der Waals surface area (Å²) in [6, 6.07) is 19.3. The predicted octanol–water partition coefficient (Wildman–Crippen LogP) is 6.00. The van der Waals surface area contributed by atoms with Crippen LogP contribution in [0, 0.1) is 5.92 Å². The molecule has 0 bridgehead atoms. The van der Waals surface area contributed by atoms with Gasteiger partial charge in [-0.05, 0) is 73.0 Å². The molecule has 2 aliphatic rings. The zero-order chi connectivity index (χ0) is 25.4. The fourth-order valence-corrected chi connectivity index (χ4v) is 5.55. The van der Waals surface area contributed by atoms with Crippen molar-refractivity contribution in [2.45, 2.75) is 19.4 Å². The van der Waals surface area contributed by atoms with Crippen LogP contribution in [0.4, 0.5) is 4.39 Å². The van der Waals surface area contributed by atoms with E-state index in [2.05, 4.69) is 22.0 Å². The molecular formula is C30H30FN3O3. The molecule has 4 aromatic rings. The lowest BCUT2D eigenvalue weighted by atomic mass is 9.85. The monoisotopic (exact) mass is 499 g/mol. The van der Waals surface area contributed by atoms with Gasteiger partial charge >= 0.3 is 0 Å². The number of alkyl halides is 1. The fraction of sp³-hybridized carbons (Fsp3) is 0.300. The molecular weight excluding hydrogens is 469 g/mol. The molecule has 6 nitrogen and oxygen atoms in total. The minimum absolute atomic E-state index is 0.168. The number of hydrogen-bond acceptors (Lipinski definition) is 5. The van der Waals surface area contributed by atoms with Gasteiger partial charge in [-0.25, -0.2) is 0 Å². The van der Waals surface area contributed by atoms with Crippen LogP contribution in [0.2, 0.25) is 0 Å². The number of ether oxygens (including phenoxy) is 2. The number of nitrogens with zero attached hydrogens (tertiary/aromatic N) is 2. The standard InChI is InChI=1S/C30H30FN3O3/c1-19-28(22-3-2-4-23(35)15-22)30(37-27-10-9-26-25(29(19)27)17-32-33-26)21-5-7-24(8-6-21)36-14-13-34-12-11-20(16-31)18-34/h2-10,15,17,20,30,35H,11-14,16,18H2,1H3,(H,32,33)/t20-,30?/m0/s1. The Morgan fingerprint density at radius 3 is 2.81 bits per heavy atom. The molecule has 0 radical (unpaired) electrons. The minimum atomic E-state index is -0.352. The largest absolute Gasteiger partial charge is 0.508 e. The van der Waals surface area contributed by atoms with Crippen molar-refractivity contribution in [2.24, 2.45) is 5.92 Å². The van der Waals surface area contributed by atoms with E-state index in [1.165, 1.54) is 0 Å². The lowest BCUT2D eigenvalue weighted by molar-refractivity contribution is 0.228. The van der Waals surface area contributed by atoms with Gasteiger partial charge in [0.25, 0.3) is 0 Å². The van der Waals surface area contributed by atoms with E-state index in [0.29, 0.717) is 6.61 Å². The Bertz CT molecular complexity index is 1450. The maximum absolute atomic E-state index is 12.9. The van der Waals surface area contributed by atoms with Crippen molar-refractivity contribution in [3.63, 3.8) is 0 Å². The van der Waals surface area contributed by atoms with Gasteiger partial charge in [0.1, 0.15) is 30.0 Å². The van der Waals surface area contributed by atoms with E-state index >= 15 is 0 Å². The van der Waals surface area contributed by atoms with E-state index in [9.17, 15) is 9.50 Å². The summed E-state index contributed by atoms with van der Waals surface area (Å²) in [5, 5.41) is 18.5. The SMILES string of the molecule is CC1=C(c2cccc(O)c2)C(c2ccc(OCCN3CC[C@@H](CF)C3)cc2)Oc2ccc3[nH]ncc3c21. The van der Waals surface area contributed by atoms with E-state index in [1.54, 1.807) is 12.1 Å². The number of phenols is 1. The Morgan fingerprint density at radius 1 is 1.16 bits per heavy atom. The second kappa shape index (κ2) is 9.90. The Kier molecular flexibility index (Phi) is 6.30. The molecule has 3 aromatic carbocycles. The quantitative estimate of drug-likeness (QED) is 0.326. The van der Waals surface area contributed by atoms with Crippen molar-refractivity contribution >= 4 is 22.0 Å². The molecule has 7 heteroatoms. The first-order valence-corrected chi connectivity index (χ1v) is 12.7. The summed E-state index contributed by atoms with van der Waals surface area (Å²) in [4.78, 5) is 2.26. The van der Waals surface area contributed by atoms with Gasteiger partial charge in [0, 0.05) is 35.5 Å². The number of rotatable bonds is 7. The first-order valence-electron chi connectivity index (χ1n) is 12.7. The zero-order valence-electron chi connectivity index (χ0n) is 20.8. The number of nitrogens with one attached hydrogen (secondary N) is 1.